The molecule has 2 atom stereocenters. The van der Waals surface area contributed by atoms with Crippen molar-refractivity contribution in [1.29, 1.82) is 0 Å². The van der Waals surface area contributed by atoms with Crippen LogP contribution in [0.25, 0.3) is 0 Å². The molecule has 1 aliphatic heterocycles. The number of hydrogen-bond donors (Lipinski definition) is 1. The van der Waals surface area contributed by atoms with Gasteiger partial charge in [-0.2, -0.15) is 0 Å². The van der Waals surface area contributed by atoms with Crippen LogP contribution in [0.5, 0.6) is 0 Å². The van der Waals surface area contributed by atoms with Gasteiger partial charge in [-0.05, 0) is 49.5 Å². The highest BCUT2D eigenvalue weighted by Gasteiger charge is 2.24. The first-order valence-corrected chi connectivity index (χ1v) is 6.75. The largest absolute Gasteiger partial charge is 0.371 e. The van der Waals surface area contributed by atoms with Gasteiger partial charge in [0.1, 0.15) is 0 Å². The van der Waals surface area contributed by atoms with Crippen LogP contribution in [0.3, 0.4) is 0 Å². The van der Waals surface area contributed by atoms with Gasteiger partial charge in [0, 0.05) is 18.8 Å². The van der Waals surface area contributed by atoms with Gasteiger partial charge in [0.05, 0.1) is 0 Å². The van der Waals surface area contributed by atoms with Crippen molar-refractivity contribution in [2.45, 2.75) is 32.7 Å². The minimum atomic E-state index is 0.670. The van der Waals surface area contributed by atoms with Gasteiger partial charge in [0.25, 0.3) is 0 Å². The van der Waals surface area contributed by atoms with E-state index in [1.165, 1.54) is 17.7 Å². The molecule has 0 amide bonds. The Kier molecular flexibility index (Phi) is 4.06. The van der Waals surface area contributed by atoms with Gasteiger partial charge >= 0.3 is 0 Å². The summed E-state index contributed by atoms with van der Waals surface area (Å²) in [6.07, 6.45) is 2.36. The number of benzene rings is 1. The molecule has 2 nitrogen and oxygen atoms in total. The first-order valence-electron chi connectivity index (χ1n) is 6.75. The number of aryl methyl sites for hydroxylation is 1. The van der Waals surface area contributed by atoms with Crippen molar-refractivity contribution < 1.29 is 0 Å². The topological polar surface area (TPSA) is 15.3 Å². The van der Waals surface area contributed by atoms with Crippen LogP contribution < -0.4 is 10.2 Å². The van der Waals surface area contributed by atoms with Gasteiger partial charge in [-0.1, -0.05) is 26.0 Å². The molecule has 0 radical (unpaired) electrons. The number of rotatable bonds is 3. The third-order valence-corrected chi connectivity index (χ3v) is 3.99. The Hall–Kier alpha value is -1.02. The van der Waals surface area contributed by atoms with Crippen LogP contribution >= 0.6 is 0 Å². The summed E-state index contributed by atoms with van der Waals surface area (Å²) in [5.74, 6) is 0.722. The van der Waals surface area contributed by atoms with E-state index in [4.69, 9.17) is 0 Å². The number of anilines is 1. The van der Waals surface area contributed by atoms with Crippen molar-refractivity contribution in [3.8, 4) is 0 Å². The van der Waals surface area contributed by atoms with Crippen molar-refractivity contribution in [3.05, 3.63) is 29.8 Å². The minimum Gasteiger partial charge on any atom is -0.371 e. The summed E-state index contributed by atoms with van der Waals surface area (Å²) >= 11 is 0. The molecule has 0 aliphatic carbocycles. The lowest BCUT2D eigenvalue weighted by Gasteiger charge is -2.38. The Bertz CT molecular complexity index is 344. The summed E-state index contributed by atoms with van der Waals surface area (Å²) in [4.78, 5) is 2.45. The molecule has 0 aromatic heterocycles. The lowest BCUT2D eigenvalue weighted by molar-refractivity contribution is 0.339. The lowest BCUT2D eigenvalue weighted by Crippen LogP contribution is -2.47. The van der Waals surface area contributed by atoms with Crippen LogP contribution in [0.2, 0.25) is 0 Å². The van der Waals surface area contributed by atoms with Gasteiger partial charge < -0.3 is 10.2 Å². The molecule has 1 N–H and O–H groups in total. The van der Waals surface area contributed by atoms with E-state index in [0.29, 0.717) is 6.04 Å². The number of nitrogens with one attached hydrogen (secondary N) is 1. The molecule has 1 fully saturated rings. The second kappa shape index (κ2) is 5.54. The summed E-state index contributed by atoms with van der Waals surface area (Å²) < 4.78 is 0. The minimum absolute atomic E-state index is 0.670. The van der Waals surface area contributed by atoms with E-state index in [9.17, 15) is 0 Å². The molecule has 1 aromatic rings. The summed E-state index contributed by atoms with van der Waals surface area (Å²) in [6, 6.07) is 9.68. The van der Waals surface area contributed by atoms with E-state index in [-0.39, 0.29) is 0 Å². The number of piperidine rings is 1. The molecule has 0 bridgehead atoms. The third-order valence-electron chi connectivity index (χ3n) is 3.99. The molecular formula is C15H24N2. The van der Waals surface area contributed by atoms with E-state index < -0.39 is 0 Å². The molecule has 1 saturated heterocycles. The standard InChI is InChI=1S/C15H24N2/c1-4-13-5-7-14(8-6-13)17(3)15-9-10-16-11-12(15)2/h5-8,12,15-16H,4,9-11H2,1-3H3. The molecular weight excluding hydrogens is 208 g/mol. The highest BCUT2D eigenvalue weighted by Crippen LogP contribution is 2.23. The van der Waals surface area contributed by atoms with E-state index in [0.717, 1.165) is 25.4 Å². The first-order chi connectivity index (χ1) is 8.22. The molecule has 2 rings (SSSR count). The van der Waals surface area contributed by atoms with E-state index in [1.807, 2.05) is 0 Å². The van der Waals surface area contributed by atoms with E-state index in [1.54, 1.807) is 0 Å². The monoisotopic (exact) mass is 232 g/mol. The second-order valence-electron chi connectivity index (χ2n) is 5.17. The molecule has 2 unspecified atom stereocenters. The summed E-state index contributed by atoms with van der Waals surface area (Å²) in [7, 11) is 2.23. The molecule has 17 heavy (non-hydrogen) atoms. The van der Waals surface area contributed by atoms with Gasteiger partial charge in [-0.15, -0.1) is 0 Å². The molecule has 1 aromatic carbocycles. The molecule has 1 heterocycles. The van der Waals surface area contributed by atoms with Crippen molar-refractivity contribution >= 4 is 5.69 Å². The van der Waals surface area contributed by atoms with Crippen molar-refractivity contribution in [3.63, 3.8) is 0 Å². The second-order valence-corrected chi connectivity index (χ2v) is 5.17. The predicted molar refractivity (Wildman–Crippen MR) is 74.7 cm³/mol. The smallest absolute Gasteiger partial charge is 0.0366 e. The fraction of sp³-hybridized carbons (Fsp3) is 0.600. The molecule has 2 heteroatoms. The summed E-state index contributed by atoms with van der Waals surface area (Å²) in [5, 5.41) is 3.46. The molecule has 0 saturated carbocycles. The Morgan fingerprint density at radius 1 is 1.29 bits per heavy atom. The van der Waals surface area contributed by atoms with Gasteiger partial charge in [0.2, 0.25) is 0 Å². The van der Waals surface area contributed by atoms with Crippen LogP contribution in [-0.4, -0.2) is 26.2 Å². The zero-order valence-electron chi connectivity index (χ0n) is 11.2. The van der Waals surface area contributed by atoms with Crippen LogP contribution in [0, 0.1) is 5.92 Å². The van der Waals surface area contributed by atoms with Crippen LogP contribution in [0.15, 0.2) is 24.3 Å². The molecule has 1 aliphatic rings. The van der Waals surface area contributed by atoms with Crippen molar-refractivity contribution in [2.75, 3.05) is 25.0 Å². The summed E-state index contributed by atoms with van der Waals surface area (Å²) in [6.45, 7) is 6.83. The Morgan fingerprint density at radius 3 is 2.59 bits per heavy atom. The zero-order chi connectivity index (χ0) is 12.3. The highest BCUT2D eigenvalue weighted by atomic mass is 15.2. The van der Waals surface area contributed by atoms with Crippen molar-refractivity contribution in [2.24, 2.45) is 5.92 Å². The van der Waals surface area contributed by atoms with E-state index in [2.05, 4.69) is 55.4 Å². The van der Waals surface area contributed by atoms with Gasteiger partial charge in [0.15, 0.2) is 0 Å². The maximum atomic E-state index is 3.46. The maximum absolute atomic E-state index is 3.46. The fourth-order valence-electron chi connectivity index (χ4n) is 2.73. The number of hydrogen-bond acceptors (Lipinski definition) is 2. The average molecular weight is 232 g/mol. The SMILES string of the molecule is CCc1ccc(N(C)C2CCNCC2C)cc1. The third kappa shape index (κ3) is 2.81. The first kappa shape index (κ1) is 12.4. The summed E-state index contributed by atoms with van der Waals surface area (Å²) in [5.41, 5.74) is 2.77. The Balaban J connectivity index is 2.09. The van der Waals surface area contributed by atoms with Gasteiger partial charge in [-0.25, -0.2) is 0 Å². The lowest BCUT2D eigenvalue weighted by atomic mass is 9.93. The van der Waals surface area contributed by atoms with Crippen molar-refractivity contribution in [1.82, 2.24) is 5.32 Å². The quantitative estimate of drug-likeness (QED) is 0.862. The van der Waals surface area contributed by atoms with E-state index >= 15 is 0 Å². The average Bonchev–Trinajstić information content (AvgIpc) is 2.39. The van der Waals surface area contributed by atoms with Crippen LogP contribution in [0.1, 0.15) is 25.8 Å². The molecule has 94 valence electrons. The Morgan fingerprint density at radius 2 is 2.00 bits per heavy atom. The normalized spacial score (nSPS) is 24.6. The van der Waals surface area contributed by atoms with Crippen LogP contribution in [-0.2, 0) is 6.42 Å². The number of nitrogens with zero attached hydrogens (tertiary/aromatic N) is 1. The predicted octanol–water partition coefficient (Wildman–Crippen LogP) is 2.68. The van der Waals surface area contributed by atoms with Crippen LogP contribution in [0.4, 0.5) is 5.69 Å². The van der Waals surface area contributed by atoms with Gasteiger partial charge in [-0.3, -0.25) is 0 Å². The highest BCUT2D eigenvalue weighted by molar-refractivity contribution is 5.48. The fourth-order valence-corrected chi connectivity index (χ4v) is 2.73. The maximum Gasteiger partial charge on any atom is 0.0366 e. The Labute approximate surface area is 105 Å². The zero-order valence-corrected chi connectivity index (χ0v) is 11.2. The molecule has 0 spiro atoms.